The van der Waals surface area contributed by atoms with Crippen LogP contribution in [0.3, 0.4) is 0 Å². The lowest BCUT2D eigenvalue weighted by Gasteiger charge is -2.24. The average Bonchev–Trinajstić information content (AvgIpc) is 3.08. The molecule has 2 fully saturated rings. The summed E-state index contributed by atoms with van der Waals surface area (Å²) in [5.41, 5.74) is 0. The highest BCUT2D eigenvalue weighted by molar-refractivity contribution is 5.90. The van der Waals surface area contributed by atoms with E-state index < -0.39 is 30.1 Å². The van der Waals surface area contributed by atoms with E-state index in [1.165, 1.54) is 11.8 Å². The molecule has 1 heterocycles. The highest BCUT2D eigenvalue weighted by atomic mass is 16.4. The normalized spacial score (nSPS) is 27.2. The first-order chi connectivity index (χ1) is 9.38. The molecule has 3 N–H and O–H groups in total. The van der Waals surface area contributed by atoms with Crippen molar-refractivity contribution in [1.82, 2.24) is 10.2 Å². The molecule has 0 spiro atoms. The second-order valence-electron chi connectivity index (χ2n) is 5.66. The number of carbonyl (C=O) groups excluding carboxylic acids is 2. The summed E-state index contributed by atoms with van der Waals surface area (Å²) in [6.45, 7) is 1.45. The summed E-state index contributed by atoms with van der Waals surface area (Å²) in [6, 6.07) is -1.69. The Labute approximate surface area is 116 Å². The second kappa shape index (κ2) is 5.78. The minimum absolute atomic E-state index is 0.119. The predicted molar refractivity (Wildman–Crippen MR) is 68.7 cm³/mol. The molecule has 0 unspecified atom stereocenters. The zero-order chi connectivity index (χ0) is 14.9. The van der Waals surface area contributed by atoms with Crippen LogP contribution in [0.4, 0.5) is 0 Å². The highest BCUT2D eigenvalue weighted by Crippen LogP contribution is 2.33. The van der Waals surface area contributed by atoms with Crippen molar-refractivity contribution in [2.75, 3.05) is 6.54 Å². The van der Waals surface area contributed by atoms with Crippen LogP contribution in [0.1, 0.15) is 32.6 Å². The van der Waals surface area contributed by atoms with E-state index in [0.29, 0.717) is 12.3 Å². The van der Waals surface area contributed by atoms with Gasteiger partial charge in [-0.05, 0) is 12.3 Å². The van der Waals surface area contributed by atoms with E-state index in [-0.39, 0.29) is 18.9 Å². The standard InChI is InChI=1S/C13H20N2O5/c1-7(16)15-6-9(17)5-11(15)12(18)14-10(13(19)20)4-8-2-3-8/h8-11,17H,2-6H2,1H3,(H,14,18)(H,19,20)/t9-,10+,11+/m1/s1. The van der Waals surface area contributed by atoms with Crippen molar-refractivity contribution >= 4 is 17.8 Å². The minimum atomic E-state index is -1.06. The van der Waals surface area contributed by atoms with Crippen LogP contribution in [0.15, 0.2) is 0 Å². The topological polar surface area (TPSA) is 107 Å². The molecular formula is C13H20N2O5. The molecule has 112 valence electrons. The molecule has 1 saturated carbocycles. The molecule has 2 amide bonds. The molecule has 1 aliphatic heterocycles. The number of hydrogen-bond donors (Lipinski definition) is 3. The summed E-state index contributed by atoms with van der Waals surface area (Å²) in [4.78, 5) is 36.0. The van der Waals surface area contributed by atoms with Gasteiger partial charge in [-0.1, -0.05) is 12.8 Å². The van der Waals surface area contributed by atoms with E-state index >= 15 is 0 Å². The number of aliphatic hydroxyl groups is 1. The number of rotatable bonds is 5. The van der Waals surface area contributed by atoms with E-state index in [4.69, 9.17) is 5.11 Å². The Hall–Kier alpha value is -1.63. The van der Waals surface area contributed by atoms with Gasteiger partial charge in [-0.15, -0.1) is 0 Å². The number of likely N-dealkylation sites (tertiary alicyclic amines) is 1. The van der Waals surface area contributed by atoms with Crippen LogP contribution in [0, 0.1) is 5.92 Å². The van der Waals surface area contributed by atoms with E-state index in [9.17, 15) is 19.5 Å². The predicted octanol–water partition coefficient (Wildman–Crippen LogP) is -0.662. The number of carboxylic acids is 1. The highest BCUT2D eigenvalue weighted by Gasteiger charge is 2.39. The first-order valence-electron chi connectivity index (χ1n) is 6.87. The van der Waals surface area contributed by atoms with Gasteiger partial charge >= 0.3 is 5.97 Å². The molecule has 2 rings (SSSR count). The Bertz CT molecular complexity index is 421. The van der Waals surface area contributed by atoms with E-state index in [1.807, 2.05) is 0 Å². The van der Waals surface area contributed by atoms with Crippen molar-refractivity contribution in [3.8, 4) is 0 Å². The number of aliphatic hydroxyl groups excluding tert-OH is 1. The van der Waals surface area contributed by atoms with Gasteiger partial charge in [0.2, 0.25) is 11.8 Å². The fourth-order valence-electron chi connectivity index (χ4n) is 2.59. The molecule has 0 bridgehead atoms. The number of carbonyl (C=O) groups is 3. The maximum atomic E-state index is 12.1. The summed E-state index contributed by atoms with van der Waals surface area (Å²) in [7, 11) is 0. The van der Waals surface area contributed by atoms with Crippen molar-refractivity contribution in [3.63, 3.8) is 0 Å². The third kappa shape index (κ3) is 3.47. The first-order valence-corrected chi connectivity index (χ1v) is 6.87. The minimum Gasteiger partial charge on any atom is -0.480 e. The van der Waals surface area contributed by atoms with Crippen LogP contribution in [-0.4, -0.2) is 57.6 Å². The van der Waals surface area contributed by atoms with Gasteiger partial charge in [-0.25, -0.2) is 4.79 Å². The molecule has 2 aliphatic rings. The monoisotopic (exact) mass is 284 g/mol. The van der Waals surface area contributed by atoms with Gasteiger partial charge < -0.3 is 20.4 Å². The lowest BCUT2D eigenvalue weighted by molar-refractivity contribution is -0.143. The Morgan fingerprint density at radius 3 is 2.50 bits per heavy atom. The quantitative estimate of drug-likeness (QED) is 0.621. The summed E-state index contributed by atoms with van der Waals surface area (Å²) in [5.74, 6) is -1.48. The van der Waals surface area contributed by atoms with Crippen LogP contribution < -0.4 is 5.32 Å². The lowest BCUT2D eigenvalue weighted by atomic mass is 10.1. The molecule has 0 aromatic rings. The average molecular weight is 284 g/mol. The Morgan fingerprint density at radius 1 is 1.35 bits per heavy atom. The van der Waals surface area contributed by atoms with Gasteiger partial charge in [0.25, 0.3) is 0 Å². The van der Waals surface area contributed by atoms with Crippen LogP contribution >= 0.6 is 0 Å². The summed E-state index contributed by atoms with van der Waals surface area (Å²) >= 11 is 0. The van der Waals surface area contributed by atoms with E-state index in [2.05, 4.69) is 5.32 Å². The zero-order valence-electron chi connectivity index (χ0n) is 11.4. The van der Waals surface area contributed by atoms with Crippen LogP contribution in [0.5, 0.6) is 0 Å². The third-order valence-corrected chi connectivity index (χ3v) is 3.87. The van der Waals surface area contributed by atoms with Crippen molar-refractivity contribution in [3.05, 3.63) is 0 Å². The Morgan fingerprint density at radius 2 is 2.00 bits per heavy atom. The SMILES string of the molecule is CC(=O)N1C[C@H](O)C[C@H]1C(=O)N[C@@H](CC1CC1)C(=O)O. The lowest BCUT2D eigenvalue weighted by Crippen LogP contribution is -2.50. The number of nitrogens with one attached hydrogen (secondary N) is 1. The van der Waals surface area contributed by atoms with Gasteiger partial charge in [0.15, 0.2) is 0 Å². The molecular weight excluding hydrogens is 264 g/mol. The van der Waals surface area contributed by atoms with Crippen molar-refractivity contribution in [2.45, 2.75) is 50.8 Å². The van der Waals surface area contributed by atoms with Crippen molar-refractivity contribution in [1.29, 1.82) is 0 Å². The van der Waals surface area contributed by atoms with Gasteiger partial charge in [0.1, 0.15) is 12.1 Å². The maximum Gasteiger partial charge on any atom is 0.326 e. The van der Waals surface area contributed by atoms with Crippen molar-refractivity contribution < 1.29 is 24.6 Å². The Kier molecular flexibility index (Phi) is 4.27. The van der Waals surface area contributed by atoms with Gasteiger partial charge in [0, 0.05) is 19.9 Å². The van der Waals surface area contributed by atoms with E-state index in [1.54, 1.807) is 0 Å². The molecule has 0 aromatic carbocycles. The molecule has 7 nitrogen and oxygen atoms in total. The number of β-amino-alcohol motifs (C(OH)–C–C–N with tert-alkyl or cyclic N) is 1. The summed E-state index contributed by atoms with van der Waals surface area (Å²) < 4.78 is 0. The fraction of sp³-hybridized carbons (Fsp3) is 0.769. The maximum absolute atomic E-state index is 12.1. The molecule has 20 heavy (non-hydrogen) atoms. The van der Waals surface area contributed by atoms with Gasteiger partial charge in [-0.3, -0.25) is 9.59 Å². The number of nitrogens with zero attached hydrogens (tertiary/aromatic N) is 1. The summed E-state index contributed by atoms with van der Waals surface area (Å²) in [6.07, 6.45) is 1.85. The van der Waals surface area contributed by atoms with Crippen LogP contribution in [0.25, 0.3) is 0 Å². The number of carboxylic acid groups (broad SMARTS) is 1. The third-order valence-electron chi connectivity index (χ3n) is 3.87. The summed E-state index contributed by atoms with van der Waals surface area (Å²) in [5, 5.41) is 21.2. The number of amides is 2. The Balaban J connectivity index is 1.97. The van der Waals surface area contributed by atoms with Crippen molar-refractivity contribution in [2.24, 2.45) is 5.92 Å². The first kappa shape index (κ1) is 14.8. The zero-order valence-corrected chi connectivity index (χ0v) is 11.4. The van der Waals surface area contributed by atoms with E-state index in [0.717, 1.165) is 12.8 Å². The molecule has 7 heteroatoms. The van der Waals surface area contributed by atoms with Gasteiger partial charge in [0.05, 0.1) is 6.10 Å². The molecule has 3 atom stereocenters. The number of aliphatic carboxylic acids is 1. The largest absolute Gasteiger partial charge is 0.480 e. The van der Waals surface area contributed by atoms with Crippen LogP contribution in [0.2, 0.25) is 0 Å². The fourth-order valence-corrected chi connectivity index (χ4v) is 2.59. The molecule has 0 radical (unpaired) electrons. The van der Waals surface area contributed by atoms with Crippen LogP contribution in [-0.2, 0) is 14.4 Å². The molecule has 0 aromatic heterocycles. The molecule has 1 saturated heterocycles. The second-order valence-corrected chi connectivity index (χ2v) is 5.66. The number of hydrogen-bond acceptors (Lipinski definition) is 4. The molecule has 1 aliphatic carbocycles. The smallest absolute Gasteiger partial charge is 0.326 e. The van der Waals surface area contributed by atoms with Gasteiger partial charge in [-0.2, -0.15) is 0 Å².